The molecule has 0 aliphatic carbocycles. The lowest BCUT2D eigenvalue weighted by molar-refractivity contribution is 1.32. The lowest BCUT2D eigenvalue weighted by Crippen LogP contribution is -2.43. The minimum absolute atomic E-state index is 1.20. The summed E-state index contributed by atoms with van der Waals surface area (Å²) >= 11 is 0. The molecule has 0 saturated heterocycles. The molecule has 20 heavy (non-hydrogen) atoms. The smallest absolute Gasteiger partial charge is 0.0652 e. The molecule has 0 atom stereocenters. The van der Waals surface area contributed by atoms with Crippen LogP contribution >= 0.6 is 0 Å². The summed E-state index contributed by atoms with van der Waals surface area (Å²) in [6.07, 6.45) is 0. The lowest BCUT2D eigenvalue weighted by Gasteiger charge is -2.23. The second-order valence-electron chi connectivity index (χ2n) is 6.11. The van der Waals surface area contributed by atoms with Crippen molar-refractivity contribution in [2.24, 2.45) is 0 Å². The highest BCUT2D eigenvalue weighted by molar-refractivity contribution is 6.89. The Morgan fingerprint density at radius 3 is 2.10 bits per heavy atom. The Morgan fingerprint density at radius 1 is 0.700 bits per heavy atom. The standard InChI is InChI=1S/C19H20Si/c1-20(2,15-16-8-4-3-5-9-16)19-13-12-17-10-6-7-11-18(17)14-19/h3-14H,15H2,1-2H3. The van der Waals surface area contributed by atoms with Gasteiger partial charge in [-0.1, -0.05) is 96.6 Å². The van der Waals surface area contributed by atoms with Gasteiger partial charge in [0.25, 0.3) is 0 Å². The Morgan fingerprint density at radius 2 is 1.35 bits per heavy atom. The van der Waals surface area contributed by atoms with E-state index in [9.17, 15) is 0 Å². The summed E-state index contributed by atoms with van der Waals surface area (Å²) in [6, 6.07) is 27.7. The highest BCUT2D eigenvalue weighted by atomic mass is 28.3. The molecule has 0 bridgehead atoms. The molecule has 3 aromatic rings. The summed E-state index contributed by atoms with van der Waals surface area (Å²) in [5.74, 6) is 0. The molecule has 0 aliphatic rings. The molecule has 0 saturated carbocycles. The molecule has 0 aromatic heterocycles. The van der Waals surface area contributed by atoms with Gasteiger partial charge in [-0.2, -0.15) is 0 Å². The Bertz CT molecular complexity index is 714. The molecular formula is C19H20Si. The fourth-order valence-corrected chi connectivity index (χ4v) is 5.36. The van der Waals surface area contributed by atoms with Gasteiger partial charge in [0.15, 0.2) is 0 Å². The van der Waals surface area contributed by atoms with Crippen molar-refractivity contribution in [3.63, 3.8) is 0 Å². The monoisotopic (exact) mass is 276 g/mol. The van der Waals surface area contributed by atoms with E-state index in [4.69, 9.17) is 0 Å². The van der Waals surface area contributed by atoms with Gasteiger partial charge in [-0.15, -0.1) is 0 Å². The molecule has 3 rings (SSSR count). The van der Waals surface area contributed by atoms with Crippen LogP contribution in [0.15, 0.2) is 72.8 Å². The summed E-state index contributed by atoms with van der Waals surface area (Å²) in [5.41, 5.74) is 1.46. The van der Waals surface area contributed by atoms with E-state index in [1.54, 1.807) is 5.19 Å². The van der Waals surface area contributed by atoms with Crippen molar-refractivity contribution in [3.05, 3.63) is 78.4 Å². The first-order valence-corrected chi connectivity index (χ1v) is 10.4. The normalized spacial score (nSPS) is 11.7. The van der Waals surface area contributed by atoms with Crippen molar-refractivity contribution in [1.29, 1.82) is 0 Å². The molecule has 100 valence electrons. The fourth-order valence-electron chi connectivity index (χ4n) is 2.82. The van der Waals surface area contributed by atoms with Gasteiger partial charge in [0.2, 0.25) is 0 Å². The van der Waals surface area contributed by atoms with Crippen LogP contribution in [0, 0.1) is 0 Å². The van der Waals surface area contributed by atoms with E-state index in [-0.39, 0.29) is 0 Å². The molecule has 0 unspecified atom stereocenters. The van der Waals surface area contributed by atoms with Gasteiger partial charge in [0.1, 0.15) is 0 Å². The molecule has 0 radical (unpaired) electrons. The molecule has 0 nitrogen and oxygen atoms in total. The third-order valence-corrected chi connectivity index (χ3v) is 7.19. The highest BCUT2D eigenvalue weighted by Crippen LogP contribution is 2.17. The predicted molar refractivity (Wildman–Crippen MR) is 91.2 cm³/mol. The van der Waals surface area contributed by atoms with Crippen molar-refractivity contribution in [2.75, 3.05) is 0 Å². The number of hydrogen-bond acceptors (Lipinski definition) is 0. The maximum Gasteiger partial charge on any atom is 0.0849 e. The largest absolute Gasteiger partial charge is 0.0849 e. The van der Waals surface area contributed by atoms with Crippen molar-refractivity contribution in [1.82, 2.24) is 0 Å². The van der Waals surface area contributed by atoms with E-state index in [2.05, 4.69) is 85.9 Å². The van der Waals surface area contributed by atoms with Gasteiger partial charge in [0, 0.05) is 0 Å². The van der Waals surface area contributed by atoms with Crippen LogP contribution in [0.25, 0.3) is 10.8 Å². The van der Waals surface area contributed by atoms with Gasteiger partial charge in [-0.3, -0.25) is 0 Å². The van der Waals surface area contributed by atoms with Gasteiger partial charge in [-0.25, -0.2) is 0 Å². The number of rotatable bonds is 3. The van der Waals surface area contributed by atoms with Gasteiger partial charge in [0.05, 0.1) is 8.07 Å². The molecular weight excluding hydrogens is 256 g/mol. The Hall–Kier alpha value is -1.86. The van der Waals surface area contributed by atoms with Crippen LogP contribution in [0.3, 0.4) is 0 Å². The van der Waals surface area contributed by atoms with Gasteiger partial charge >= 0.3 is 0 Å². The van der Waals surface area contributed by atoms with E-state index >= 15 is 0 Å². The van der Waals surface area contributed by atoms with Crippen LogP contribution in [-0.2, 0) is 6.04 Å². The molecule has 0 heterocycles. The SMILES string of the molecule is C[Si](C)(Cc1ccccc1)c1ccc2ccccc2c1. The fraction of sp³-hybridized carbons (Fsp3) is 0.158. The lowest BCUT2D eigenvalue weighted by atomic mass is 10.1. The minimum atomic E-state index is -1.44. The summed E-state index contributed by atoms with van der Waals surface area (Å²) in [6.45, 7) is 4.92. The van der Waals surface area contributed by atoms with E-state index in [1.807, 2.05) is 0 Å². The van der Waals surface area contributed by atoms with E-state index < -0.39 is 8.07 Å². The second-order valence-corrected chi connectivity index (χ2v) is 10.8. The molecule has 0 amide bonds. The molecule has 3 aromatic carbocycles. The molecule has 0 spiro atoms. The summed E-state index contributed by atoms with van der Waals surface area (Å²) in [5, 5.41) is 4.24. The number of benzene rings is 3. The summed E-state index contributed by atoms with van der Waals surface area (Å²) in [4.78, 5) is 0. The first kappa shape index (κ1) is 13.1. The van der Waals surface area contributed by atoms with E-state index in [1.165, 1.54) is 22.4 Å². The van der Waals surface area contributed by atoms with Crippen LogP contribution in [0.4, 0.5) is 0 Å². The average molecular weight is 276 g/mol. The molecule has 1 heteroatoms. The third kappa shape index (κ3) is 2.68. The Balaban J connectivity index is 1.96. The quantitative estimate of drug-likeness (QED) is 0.616. The van der Waals surface area contributed by atoms with Crippen LogP contribution in [-0.4, -0.2) is 8.07 Å². The Kier molecular flexibility index (Phi) is 3.45. The summed E-state index contributed by atoms with van der Waals surface area (Å²) in [7, 11) is -1.44. The van der Waals surface area contributed by atoms with Crippen molar-refractivity contribution in [3.8, 4) is 0 Å². The van der Waals surface area contributed by atoms with Crippen LogP contribution in [0.1, 0.15) is 5.56 Å². The number of fused-ring (bicyclic) bond motifs is 1. The van der Waals surface area contributed by atoms with E-state index in [0.29, 0.717) is 0 Å². The number of hydrogen-bond donors (Lipinski definition) is 0. The van der Waals surface area contributed by atoms with Crippen molar-refractivity contribution < 1.29 is 0 Å². The molecule has 0 aliphatic heterocycles. The first-order valence-electron chi connectivity index (χ1n) is 7.18. The zero-order chi connectivity index (χ0) is 14.0. The molecule has 0 N–H and O–H groups in total. The average Bonchev–Trinajstić information content (AvgIpc) is 2.47. The zero-order valence-electron chi connectivity index (χ0n) is 12.1. The molecule has 0 fully saturated rings. The minimum Gasteiger partial charge on any atom is -0.0652 e. The van der Waals surface area contributed by atoms with E-state index in [0.717, 1.165) is 0 Å². The topological polar surface area (TPSA) is 0 Å². The van der Waals surface area contributed by atoms with Gasteiger partial charge < -0.3 is 0 Å². The van der Waals surface area contributed by atoms with Crippen molar-refractivity contribution in [2.45, 2.75) is 19.1 Å². The van der Waals surface area contributed by atoms with Gasteiger partial charge in [-0.05, 0) is 16.8 Å². The Labute approximate surface area is 122 Å². The third-order valence-electron chi connectivity index (χ3n) is 4.02. The predicted octanol–water partition coefficient (Wildman–Crippen LogP) is 4.54. The summed E-state index contributed by atoms with van der Waals surface area (Å²) < 4.78 is 0. The maximum atomic E-state index is 2.46. The second kappa shape index (κ2) is 5.26. The van der Waals surface area contributed by atoms with Crippen LogP contribution in [0.2, 0.25) is 13.1 Å². The first-order chi connectivity index (χ1) is 9.65. The highest BCUT2D eigenvalue weighted by Gasteiger charge is 2.23. The zero-order valence-corrected chi connectivity index (χ0v) is 13.1. The maximum absolute atomic E-state index is 2.46. The van der Waals surface area contributed by atoms with Crippen LogP contribution in [0.5, 0.6) is 0 Å². The van der Waals surface area contributed by atoms with Crippen molar-refractivity contribution >= 4 is 24.0 Å². The van der Waals surface area contributed by atoms with Crippen LogP contribution < -0.4 is 5.19 Å².